The molecule has 0 aliphatic heterocycles. The zero-order valence-corrected chi connectivity index (χ0v) is 15.9. The maximum atomic E-state index is 12.7. The van der Waals surface area contributed by atoms with E-state index in [2.05, 4.69) is 0 Å². The number of benzene rings is 1. The van der Waals surface area contributed by atoms with Gasteiger partial charge in [-0.2, -0.15) is 13.2 Å². The zero-order valence-electron chi connectivity index (χ0n) is 13.7. The van der Waals surface area contributed by atoms with Crippen molar-refractivity contribution in [2.24, 2.45) is 0 Å². The average molecular weight is 456 g/mol. The van der Waals surface area contributed by atoms with Gasteiger partial charge < -0.3 is 9.47 Å². The Bertz CT molecular complexity index is 590. The first-order chi connectivity index (χ1) is 11.0. The van der Waals surface area contributed by atoms with E-state index in [-0.39, 0.29) is 6.61 Å². The van der Waals surface area contributed by atoms with E-state index in [4.69, 9.17) is 9.47 Å². The molecule has 1 aromatic carbocycles. The Morgan fingerprint density at radius 1 is 1.25 bits per heavy atom. The number of carbonyl (C=O) groups excluding carboxylic acids is 1. The number of alkyl halides is 3. The first-order valence-corrected chi connectivity index (χ1v) is 8.40. The van der Waals surface area contributed by atoms with Gasteiger partial charge in [-0.25, -0.2) is 4.79 Å². The Labute approximate surface area is 153 Å². The van der Waals surface area contributed by atoms with Crippen molar-refractivity contribution >= 4 is 28.6 Å². The lowest BCUT2D eigenvalue weighted by Crippen LogP contribution is -2.22. The molecule has 0 bridgehead atoms. The van der Waals surface area contributed by atoms with Crippen molar-refractivity contribution in [2.75, 3.05) is 6.61 Å². The normalized spacial score (nSPS) is 12.6. The molecule has 24 heavy (non-hydrogen) atoms. The highest BCUT2D eigenvalue weighted by molar-refractivity contribution is 14.1. The van der Waals surface area contributed by atoms with E-state index < -0.39 is 23.3 Å². The van der Waals surface area contributed by atoms with Crippen LogP contribution in [0.2, 0.25) is 0 Å². The van der Waals surface area contributed by atoms with Crippen LogP contribution in [0.3, 0.4) is 0 Å². The molecule has 134 valence electrons. The fourth-order valence-electron chi connectivity index (χ4n) is 1.71. The molecule has 0 radical (unpaired) electrons. The third-order valence-electron chi connectivity index (χ3n) is 2.72. The predicted molar refractivity (Wildman–Crippen MR) is 93.4 cm³/mol. The molecular weight excluding hydrogens is 436 g/mol. The van der Waals surface area contributed by atoms with Gasteiger partial charge in [0.05, 0.1) is 18.8 Å². The van der Waals surface area contributed by atoms with Gasteiger partial charge in [0.2, 0.25) is 0 Å². The van der Waals surface area contributed by atoms with Crippen LogP contribution in [-0.4, -0.2) is 18.2 Å². The number of hydrogen-bond donors (Lipinski definition) is 0. The van der Waals surface area contributed by atoms with E-state index in [0.29, 0.717) is 22.2 Å². The first kappa shape index (κ1) is 21.0. The number of carbonyl (C=O) groups is 1. The molecule has 1 aromatic rings. The number of rotatable bonds is 6. The topological polar surface area (TPSA) is 35.5 Å². The molecule has 0 N–H and O–H groups in total. The van der Waals surface area contributed by atoms with Crippen molar-refractivity contribution < 1.29 is 27.4 Å². The Morgan fingerprint density at radius 2 is 1.92 bits per heavy atom. The summed E-state index contributed by atoms with van der Waals surface area (Å²) in [4.78, 5) is 11.4. The van der Waals surface area contributed by atoms with Crippen molar-refractivity contribution in [3.8, 4) is 0 Å². The lowest BCUT2D eigenvalue weighted by Gasteiger charge is -2.17. The first-order valence-electron chi connectivity index (χ1n) is 7.32. The molecule has 1 rings (SSSR count). The Balaban J connectivity index is 2.42. The fraction of sp³-hybridized carbons (Fsp3) is 0.471. The third kappa shape index (κ3) is 8.14. The molecule has 0 fully saturated rings. The van der Waals surface area contributed by atoms with Crippen molar-refractivity contribution in [3.05, 3.63) is 45.0 Å². The summed E-state index contributed by atoms with van der Waals surface area (Å²) in [5.74, 6) is -0.435. The van der Waals surface area contributed by atoms with Crippen LogP contribution in [0.5, 0.6) is 0 Å². The number of esters is 1. The van der Waals surface area contributed by atoms with Gasteiger partial charge in [0, 0.05) is 9.65 Å². The van der Waals surface area contributed by atoms with Crippen LogP contribution in [0.4, 0.5) is 13.2 Å². The van der Waals surface area contributed by atoms with E-state index in [9.17, 15) is 18.0 Å². The van der Waals surface area contributed by atoms with Crippen LogP contribution in [-0.2, 0) is 27.1 Å². The highest BCUT2D eigenvalue weighted by atomic mass is 127. The average Bonchev–Trinajstić information content (AvgIpc) is 2.41. The Hall–Kier alpha value is -1.09. The Morgan fingerprint density at radius 3 is 2.50 bits per heavy atom. The van der Waals surface area contributed by atoms with Gasteiger partial charge in [-0.15, -0.1) is 0 Å². The smallest absolute Gasteiger partial charge is 0.416 e. The van der Waals surface area contributed by atoms with Gasteiger partial charge in [-0.1, -0.05) is 6.08 Å². The van der Waals surface area contributed by atoms with Crippen molar-refractivity contribution in [3.63, 3.8) is 0 Å². The molecule has 3 nitrogen and oxygen atoms in total. The van der Waals surface area contributed by atoms with Crippen LogP contribution < -0.4 is 0 Å². The number of halogens is 4. The lowest BCUT2D eigenvalue weighted by molar-refractivity contribution is -0.148. The maximum absolute atomic E-state index is 12.7. The van der Waals surface area contributed by atoms with Crippen LogP contribution in [0.15, 0.2) is 30.4 Å². The van der Waals surface area contributed by atoms with Crippen LogP contribution >= 0.6 is 22.6 Å². The van der Waals surface area contributed by atoms with Gasteiger partial charge in [0.25, 0.3) is 0 Å². The molecule has 0 unspecified atom stereocenters. The van der Waals surface area contributed by atoms with Crippen molar-refractivity contribution in [1.82, 2.24) is 0 Å². The molecule has 0 aliphatic rings. The van der Waals surface area contributed by atoms with E-state index in [1.807, 2.05) is 22.6 Å². The minimum atomic E-state index is -4.37. The largest absolute Gasteiger partial charge is 0.457 e. The molecular formula is C17H20F3IO3. The predicted octanol–water partition coefficient (Wildman–Crippen LogP) is 5.11. The van der Waals surface area contributed by atoms with Crippen LogP contribution in [0.1, 0.15) is 38.3 Å². The van der Waals surface area contributed by atoms with E-state index in [1.54, 1.807) is 26.8 Å². The summed E-state index contributed by atoms with van der Waals surface area (Å²) < 4.78 is 49.2. The fourth-order valence-corrected chi connectivity index (χ4v) is 2.20. The minimum absolute atomic E-state index is 0.0858. The molecule has 0 aromatic heterocycles. The highest BCUT2D eigenvalue weighted by Crippen LogP contribution is 2.31. The summed E-state index contributed by atoms with van der Waals surface area (Å²) in [7, 11) is 0. The monoisotopic (exact) mass is 456 g/mol. The van der Waals surface area contributed by atoms with Gasteiger partial charge in [-0.05, 0) is 73.5 Å². The quantitative estimate of drug-likeness (QED) is 0.258. The summed E-state index contributed by atoms with van der Waals surface area (Å²) in [5, 5.41) is 0. The van der Waals surface area contributed by atoms with Crippen molar-refractivity contribution in [1.29, 1.82) is 0 Å². The molecule has 7 heteroatoms. The second-order valence-electron chi connectivity index (χ2n) is 6.08. The van der Waals surface area contributed by atoms with Crippen LogP contribution in [0.25, 0.3) is 0 Å². The maximum Gasteiger partial charge on any atom is 0.416 e. The molecule has 0 aliphatic carbocycles. The molecule has 0 heterocycles. The highest BCUT2D eigenvalue weighted by Gasteiger charge is 2.30. The van der Waals surface area contributed by atoms with Gasteiger partial charge in [0.15, 0.2) is 0 Å². The molecule has 0 atom stereocenters. The van der Waals surface area contributed by atoms with Crippen molar-refractivity contribution in [2.45, 2.75) is 45.6 Å². The third-order valence-corrected chi connectivity index (χ3v) is 3.77. The van der Waals surface area contributed by atoms with Gasteiger partial charge >= 0.3 is 12.1 Å². The second kappa shape index (κ2) is 8.84. The van der Waals surface area contributed by atoms with E-state index in [1.165, 1.54) is 12.1 Å². The van der Waals surface area contributed by atoms with Gasteiger partial charge in [0.1, 0.15) is 5.60 Å². The Kier molecular flexibility index (Phi) is 7.72. The molecule has 0 spiro atoms. The summed E-state index contributed by atoms with van der Waals surface area (Å²) in [6, 6.07) is 3.57. The zero-order chi connectivity index (χ0) is 18.4. The van der Waals surface area contributed by atoms with Gasteiger partial charge in [-0.3, -0.25) is 0 Å². The van der Waals surface area contributed by atoms with E-state index in [0.717, 1.165) is 12.1 Å². The second-order valence-corrected chi connectivity index (χ2v) is 7.24. The molecule has 0 saturated carbocycles. The SMILES string of the molecule is CC(C)(C)OC(=O)/C=C/CCOCc1cc(C(F)(F)F)ccc1I. The minimum Gasteiger partial charge on any atom is -0.457 e. The number of ether oxygens (including phenoxy) is 2. The van der Waals surface area contributed by atoms with E-state index >= 15 is 0 Å². The standard InChI is InChI=1S/C17H20F3IO3/c1-16(2,3)24-15(22)6-4-5-9-23-11-12-10-13(17(18,19)20)7-8-14(12)21/h4,6-8,10H,5,9,11H2,1-3H3/b6-4+. The molecule has 0 amide bonds. The summed E-state index contributed by atoms with van der Waals surface area (Å²) >= 11 is 1.97. The summed E-state index contributed by atoms with van der Waals surface area (Å²) in [5.41, 5.74) is -0.745. The number of hydrogen-bond acceptors (Lipinski definition) is 3. The van der Waals surface area contributed by atoms with Crippen LogP contribution in [0, 0.1) is 3.57 Å². The summed E-state index contributed by atoms with van der Waals surface area (Å²) in [6.45, 7) is 5.71. The molecule has 0 saturated heterocycles. The lowest BCUT2D eigenvalue weighted by atomic mass is 10.1. The summed E-state index contributed by atoms with van der Waals surface area (Å²) in [6.07, 6.45) is -0.960.